The zero-order valence-corrected chi connectivity index (χ0v) is 12.0. The summed E-state index contributed by atoms with van der Waals surface area (Å²) >= 11 is 0. The van der Waals surface area contributed by atoms with Gasteiger partial charge in [0.05, 0.1) is 0 Å². The highest BCUT2D eigenvalue weighted by Gasteiger charge is 2.11. The first-order chi connectivity index (χ1) is 7.79. The molecule has 0 fully saturated rings. The molecule has 0 aromatic heterocycles. The normalized spacial score (nSPS) is 11.6. The Kier molecular flexibility index (Phi) is 11.3. The number of hydrogen-bond donors (Lipinski definition) is 0. The van der Waals surface area contributed by atoms with E-state index in [4.69, 9.17) is 0 Å². The van der Waals surface area contributed by atoms with Gasteiger partial charge in [0.2, 0.25) is 0 Å². The van der Waals surface area contributed by atoms with Crippen molar-refractivity contribution in [1.29, 1.82) is 0 Å². The van der Waals surface area contributed by atoms with Gasteiger partial charge in [-0.1, -0.05) is 47.0 Å². The molecule has 2 nitrogen and oxygen atoms in total. The van der Waals surface area contributed by atoms with Gasteiger partial charge in [-0.3, -0.25) is 0 Å². The molecule has 0 N–H and O–H groups in total. The average Bonchev–Trinajstić information content (AvgIpc) is 2.32. The number of hydrogen-bond acceptors (Lipinski definition) is 2. The molecular formula is C14H32N2. The summed E-state index contributed by atoms with van der Waals surface area (Å²) in [6.07, 6.45) is 7.87. The summed E-state index contributed by atoms with van der Waals surface area (Å²) in [5.74, 6) is 0. The smallest absolute Gasteiger partial charge is 0.0133 e. The molecule has 0 aromatic rings. The lowest BCUT2D eigenvalue weighted by atomic mass is 10.3. The Labute approximate surface area is 103 Å². The fourth-order valence-corrected chi connectivity index (χ4v) is 1.92. The number of nitrogens with zero attached hydrogens (tertiary/aromatic N) is 2. The minimum Gasteiger partial charge on any atom is -0.242 e. The van der Waals surface area contributed by atoms with Gasteiger partial charge in [0.25, 0.3) is 0 Å². The van der Waals surface area contributed by atoms with Crippen molar-refractivity contribution >= 4 is 0 Å². The minimum absolute atomic E-state index is 1.16. The maximum atomic E-state index is 2.59. The third-order valence-corrected chi connectivity index (χ3v) is 3.07. The average molecular weight is 228 g/mol. The van der Waals surface area contributed by atoms with Crippen molar-refractivity contribution in [3.63, 3.8) is 0 Å². The van der Waals surface area contributed by atoms with Crippen molar-refractivity contribution in [3.05, 3.63) is 0 Å². The molecule has 0 unspecified atom stereocenters. The molecule has 0 saturated carbocycles. The predicted octanol–water partition coefficient (Wildman–Crippen LogP) is 3.93. The van der Waals surface area contributed by atoms with Crippen molar-refractivity contribution < 1.29 is 0 Å². The van der Waals surface area contributed by atoms with E-state index in [2.05, 4.69) is 37.7 Å². The van der Waals surface area contributed by atoms with Gasteiger partial charge in [-0.25, -0.2) is 10.0 Å². The zero-order valence-electron chi connectivity index (χ0n) is 12.0. The fraction of sp³-hybridized carbons (Fsp3) is 1.00. The Bertz CT molecular complexity index is 129. The molecule has 0 aliphatic carbocycles. The predicted molar refractivity (Wildman–Crippen MR) is 73.5 cm³/mol. The van der Waals surface area contributed by atoms with Gasteiger partial charge in [-0.15, -0.1) is 0 Å². The molecule has 0 saturated heterocycles. The van der Waals surface area contributed by atoms with E-state index in [9.17, 15) is 0 Å². The monoisotopic (exact) mass is 228 g/mol. The summed E-state index contributed by atoms with van der Waals surface area (Å²) in [5, 5.41) is 5.14. The summed E-state index contributed by atoms with van der Waals surface area (Å²) in [6.45, 7) is 14.0. The highest BCUT2D eigenvalue weighted by atomic mass is 15.6. The van der Waals surface area contributed by atoms with Crippen LogP contribution in [0.2, 0.25) is 0 Å². The van der Waals surface area contributed by atoms with Crippen molar-refractivity contribution in [2.75, 3.05) is 26.2 Å². The first-order valence-electron chi connectivity index (χ1n) is 7.29. The lowest BCUT2D eigenvalue weighted by Crippen LogP contribution is -2.44. The highest BCUT2D eigenvalue weighted by molar-refractivity contribution is 4.58. The summed E-state index contributed by atoms with van der Waals surface area (Å²) in [5.41, 5.74) is 0. The second kappa shape index (κ2) is 11.4. The molecule has 0 atom stereocenters. The van der Waals surface area contributed by atoms with Crippen LogP contribution < -0.4 is 0 Å². The van der Waals surface area contributed by atoms with E-state index in [-0.39, 0.29) is 0 Å². The Balaban J connectivity index is 4.06. The third-order valence-electron chi connectivity index (χ3n) is 3.07. The van der Waals surface area contributed by atoms with Crippen LogP contribution in [-0.4, -0.2) is 36.2 Å². The van der Waals surface area contributed by atoms with Crippen LogP contribution in [0.3, 0.4) is 0 Å². The molecule has 0 heterocycles. The minimum atomic E-state index is 1.16. The summed E-state index contributed by atoms with van der Waals surface area (Å²) < 4.78 is 0. The van der Waals surface area contributed by atoms with Gasteiger partial charge in [0.1, 0.15) is 0 Å². The van der Waals surface area contributed by atoms with Gasteiger partial charge in [-0.05, 0) is 19.3 Å². The van der Waals surface area contributed by atoms with Gasteiger partial charge in [-0.2, -0.15) is 0 Å². The van der Waals surface area contributed by atoms with E-state index < -0.39 is 0 Å². The van der Waals surface area contributed by atoms with Crippen molar-refractivity contribution in [3.8, 4) is 0 Å². The number of rotatable bonds is 11. The fourth-order valence-electron chi connectivity index (χ4n) is 1.92. The Hall–Kier alpha value is -0.0800. The van der Waals surface area contributed by atoms with E-state index in [1.54, 1.807) is 0 Å². The van der Waals surface area contributed by atoms with Crippen molar-refractivity contribution in [2.45, 2.75) is 66.2 Å². The molecule has 0 amide bonds. The zero-order chi connectivity index (χ0) is 12.2. The quantitative estimate of drug-likeness (QED) is 0.494. The van der Waals surface area contributed by atoms with E-state index in [1.165, 1.54) is 58.2 Å². The van der Waals surface area contributed by atoms with E-state index in [0.29, 0.717) is 0 Å². The van der Waals surface area contributed by atoms with Crippen LogP contribution in [0.25, 0.3) is 0 Å². The van der Waals surface area contributed by atoms with Gasteiger partial charge >= 0.3 is 0 Å². The van der Waals surface area contributed by atoms with E-state index in [0.717, 1.165) is 6.54 Å². The number of hydrazine groups is 1. The second-order valence-electron chi connectivity index (χ2n) is 4.56. The molecule has 0 aliphatic rings. The summed E-state index contributed by atoms with van der Waals surface area (Å²) in [7, 11) is 0. The third kappa shape index (κ3) is 7.24. The lowest BCUT2D eigenvalue weighted by Gasteiger charge is -2.34. The largest absolute Gasteiger partial charge is 0.242 e. The first-order valence-corrected chi connectivity index (χ1v) is 7.29. The van der Waals surface area contributed by atoms with Crippen LogP contribution in [0.1, 0.15) is 66.2 Å². The molecular weight excluding hydrogens is 196 g/mol. The van der Waals surface area contributed by atoms with E-state index in [1.807, 2.05) is 0 Å². The Morgan fingerprint density at radius 3 is 1.25 bits per heavy atom. The van der Waals surface area contributed by atoms with Crippen LogP contribution in [0, 0.1) is 0 Å². The van der Waals surface area contributed by atoms with Gasteiger partial charge < -0.3 is 0 Å². The molecule has 98 valence electrons. The van der Waals surface area contributed by atoms with Crippen molar-refractivity contribution in [1.82, 2.24) is 10.0 Å². The topological polar surface area (TPSA) is 6.48 Å². The molecule has 0 aromatic carbocycles. The van der Waals surface area contributed by atoms with Crippen LogP contribution in [0.4, 0.5) is 0 Å². The molecule has 0 rings (SSSR count). The molecule has 0 spiro atoms. The van der Waals surface area contributed by atoms with Crippen LogP contribution >= 0.6 is 0 Å². The Morgan fingerprint density at radius 2 is 0.938 bits per heavy atom. The molecule has 2 heteroatoms. The summed E-state index contributed by atoms with van der Waals surface area (Å²) in [4.78, 5) is 0. The maximum absolute atomic E-state index is 2.59. The van der Waals surface area contributed by atoms with Crippen LogP contribution in [0.15, 0.2) is 0 Å². The SMILES string of the molecule is CCCCN(CC)N(CCCC)CCCC. The van der Waals surface area contributed by atoms with Crippen LogP contribution in [0.5, 0.6) is 0 Å². The number of unbranched alkanes of at least 4 members (excludes halogenated alkanes) is 3. The van der Waals surface area contributed by atoms with Gasteiger partial charge in [0.15, 0.2) is 0 Å². The van der Waals surface area contributed by atoms with Crippen molar-refractivity contribution in [2.24, 2.45) is 0 Å². The van der Waals surface area contributed by atoms with Crippen LogP contribution in [-0.2, 0) is 0 Å². The Morgan fingerprint density at radius 1 is 0.562 bits per heavy atom. The standard InChI is InChI=1S/C14H32N2/c1-5-9-12-15(8-4)16(13-10-6-2)14-11-7-3/h5-14H2,1-4H3. The molecule has 16 heavy (non-hydrogen) atoms. The first kappa shape index (κ1) is 15.9. The van der Waals surface area contributed by atoms with Gasteiger partial charge in [0, 0.05) is 26.2 Å². The molecule has 0 aliphatic heterocycles. The molecule has 0 radical (unpaired) electrons. The van der Waals surface area contributed by atoms with E-state index >= 15 is 0 Å². The second-order valence-corrected chi connectivity index (χ2v) is 4.56. The highest BCUT2D eigenvalue weighted by Crippen LogP contribution is 2.06. The summed E-state index contributed by atoms with van der Waals surface area (Å²) in [6, 6.07) is 0. The maximum Gasteiger partial charge on any atom is 0.0133 e. The lowest BCUT2D eigenvalue weighted by molar-refractivity contribution is -0.0240. The molecule has 0 bridgehead atoms.